The second kappa shape index (κ2) is 3.15. The smallest absolute Gasteiger partial charge is 0.331 e. The van der Waals surface area contributed by atoms with E-state index in [1.807, 2.05) is 0 Å². The Labute approximate surface area is 103 Å². The molecule has 1 N–H and O–H groups in total. The van der Waals surface area contributed by atoms with Gasteiger partial charge in [-0.25, -0.2) is 4.79 Å². The summed E-state index contributed by atoms with van der Waals surface area (Å²) < 4.78 is 0. The number of carbonyl (C=O) groups is 1. The van der Waals surface area contributed by atoms with Crippen LogP contribution in [0, 0.1) is 28.6 Å². The first-order chi connectivity index (χ1) is 7.92. The average Bonchev–Trinajstić information content (AvgIpc) is 2.80. The van der Waals surface area contributed by atoms with Crippen molar-refractivity contribution in [2.45, 2.75) is 46.5 Å². The quantitative estimate of drug-likeness (QED) is 0.754. The Kier molecular flexibility index (Phi) is 2.10. The van der Waals surface area contributed by atoms with Crippen molar-refractivity contribution in [1.82, 2.24) is 0 Å². The number of aliphatic carboxylic acids is 1. The van der Waals surface area contributed by atoms with Gasteiger partial charge in [0, 0.05) is 5.57 Å². The van der Waals surface area contributed by atoms with Crippen LogP contribution in [0.15, 0.2) is 11.6 Å². The molecule has 2 fully saturated rings. The summed E-state index contributed by atoms with van der Waals surface area (Å²) in [5.74, 6) is 1.07. The number of hydrogen-bond donors (Lipinski definition) is 1. The Bertz CT molecular complexity index is 411. The molecule has 0 saturated heterocycles. The molecule has 2 heteroatoms. The second-order valence-corrected chi connectivity index (χ2v) is 6.75. The van der Waals surface area contributed by atoms with Crippen molar-refractivity contribution >= 4 is 5.97 Å². The van der Waals surface area contributed by atoms with E-state index in [1.54, 1.807) is 0 Å². The molecule has 2 nitrogen and oxygen atoms in total. The van der Waals surface area contributed by atoms with Crippen LogP contribution in [-0.4, -0.2) is 11.1 Å². The Balaban J connectivity index is 2.10. The second-order valence-electron chi connectivity index (χ2n) is 6.75. The molecule has 0 radical (unpaired) electrons. The highest BCUT2D eigenvalue weighted by molar-refractivity contribution is 5.88. The third kappa shape index (κ3) is 1.10. The van der Waals surface area contributed by atoms with Crippen LogP contribution in [0.4, 0.5) is 0 Å². The van der Waals surface area contributed by atoms with Crippen LogP contribution in [0.1, 0.15) is 46.5 Å². The first-order valence-corrected chi connectivity index (χ1v) is 6.88. The molecule has 94 valence electrons. The van der Waals surface area contributed by atoms with Crippen molar-refractivity contribution in [3.63, 3.8) is 0 Å². The van der Waals surface area contributed by atoms with E-state index in [2.05, 4.69) is 26.8 Å². The molecule has 5 atom stereocenters. The minimum Gasteiger partial charge on any atom is -0.478 e. The maximum atomic E-state index is 11.4. The van der Waals surface area contributed by atoms with Crippen molar-refractivity contribution in [1.29, 1.82) is 0 Å². The van der Waals surface area contributed by atoms with Gasteiger partial charge in [-0.1, -0.05) is 26.8 Å². The van der Waals surface area contributed by atoms with E-state index >= 15 is 0 Å². The first kappa shape index (κ1) is 11.3. The van der Waals surface area contributed by atoms with Crippen molar-refractivity contribution in [2.24, 2.45) is 28.6 Å². The molecule has 3 rings (SSSR count). The monoisotopic (exact) mass is 234 g/mol. The number of carboxylic acid groups (broad SMARTS) is 1. The number of hydrogen-bond acceptors (Lipinski definition) is 1. The minimum absolute atomic E-state index is 0.148. The zero-order valence-corrected chi connectivity index (χ0v) is 11.0. The molecule has 1 spiro atoms. The van der Waals surface area contributed by atoms with Crippen LogP contribution in [-0.2, 0) is 4.79 Å². The predicted octanol–water partition coefficient (Wildman–Crippen LogP) is 3.48. The molecule has 3 aliphatic rings. The predicted molar refractivity (Wildman–Crippen MR) is 66.5 cm³/mol. The van der Waals surface area contributed by atoms with E-state index in [0.717, 1.165) is 11.8 Å². The van der Waals surface area contributed by atoms with Crippen molar-refractivity contribution < 1.29 is 9.90 Å². The van der Waals surface area contributed by atoms with Gasteiger partial charge in [0.15, 0.2) is 0 Å². The molecule has 17 heavy (non-hydrogen) atoms. The Morgan fingerprint density at radius 2 is 2.06 bits per heavy atom. The molecule has 0 aromatic heterocycles. The SMILES string of the molecule is CC1CCC23C(C)C(C(=O)O)=CC2(C)CCC13. The van der Waals surface area contributed by atoms with E-state index in [9.17, 15) is 9.90 Å². The standard InChI is InChI=1S/C15H22O2/c1-9-4-7-15-10(2)11(13(16)17)8-14(15,3)6-5-12(9)15/h8-10,12H,4-7H2,1-3H3,(H,16,17). The third-order valence-electron chi connectivity index (χ3n) is 6.36. The average molecular weight is 234 g/mol. The molecule has 0 aromatic carbocycles. The maximum Gasteiger partial charge on any atom is 0.331 e. The van der Waals surface area contributed by atoms with Crippen LogP contribution in [0.5, 0.6) is 0 Å². The maximum absolute atomic E-state index is 11.4. The van der Waals surface area contributed by atoms with E-state index < -0.39 is 5.97 Å². The summed E-state index contributed by atoms with van der Waals surface area (Å²) in [5, 5.41) is 9.37. The fourth-order valence-electron chi connectivity index (χ4n) is 5.53. The normalized spacial score (nSPS) is 52.2. The molecule has 0 aliphatic heterocycles. The fourth-order valence-corrected chi connectivity index (χ4v) is 5.53. The molecular formula is C15H22O2. The molecule has 0 bridgehead atoms. The first-order valence-electron chi connectivity index (χ1n) is 6.88. The summed E-state index contributed by atoms with van der Waals surface area (Å²) >= 11 is 0. The number of rotatable bonds is 1. The zero-order valence-electron chi connectivity index (χ0n) is 11.0. The number of allylic oxidation sites excluding steroid dienone is 1. The van der Waals surface area contributed by atoms with Crippen molar-refractivity contribution in [2.75, 3.05) is 0 Å². The van der Waals surface area contributed by atoms with Gasteiger partial charge in [0.05, 0.1) is 0 Å². The van der Waals surface area contributed by atoms with Crippen LogP contribution in [0.2, 0.25) is 0 Å². The molecule has 0 heterocycles. The van der Waals surface area contributed by atoms with Crippen LogP contribution in [0.3, 0.4) is 0 Å². The molecule has 0 amide bonds. The van der Waals surface area contributed by atoms with Gasteiger partial charge < -0.3 is 5.11 Å². The topological polar surface area (TPSA) is 37.3 Å². The highest BCUT2D eigenvalue weighted by Crippen LogP contribution is 2.73. The summed E-state index contributed by atoms with van der Waals surface area (Å²) in [4.78, 5) is 11.4. The van der Waals surface area contributed by atoms with E-state index in [1.165, 1.54) is 25.7 Å². The van der Waals surface area contributed by atoms with Gasteiger partial charge in [-0.15, -0.1) is 0 Å². The molecule has 5 unspecified atom stereocenters. The number of carboxylic acids is 1. The van der Waals surface area contributed by atoms with Gasteiger partial charge in [0.25, 0.3) is 0 Å². The summed E-state index contributed by atoms with van der Waals surface area (Å²) in [7, 11) is 0. The molecule has 3 aliphatic carbocycles. The summed E-state index contributed by atoms with van der Waals surface area (Å²) in [5.41, 5.74) is 1.10. The molecular weight excluding hydrogens is 212 g/mol. The largest absolute Gasteiger partial charge is 0.478 e. The zero-order chi connectivity index (χ0) is 12.4. The van der Waals surface area contributed by atoms with E-state index in [4.69, 9.17) is 0 Å². The lowest BCUT2D eigenvalue weighted by molar-refractivity contribution is -0.133. The Morgan fingerprint density at radius 3 is 2.71 bits per heavy atom. The lowest BCUT2D eigenvalue weighted by Crippen LogP contribution is -2.38. The van der Waals surface area contributed by atoms with Gasteiger partial charge in [-0.3, -0.25) is 0 Å². The van der Waals surface area contributed by atoms with Gasteiger partial charge in [0.2, 0.25) is 0 Å². The van der Waals surface area contributed by atoms with Crippen LogP contribution in [0.25, 0.3) is 0 Å². The van der Waals surface area contributed by atoms with Gasteiger partial charge in [0.1, 0.15) is 0 Å². The summed E-state index contributed by atoms with van der Waals surface area (Å²) in [6, 6.07) is 0. The third-order valence-corrected chi connectivity index (χ3v) is 6.36. The Hall–Kier alpha value is -0.790. The molecule has 0 aromatic rings. The van der Waals surface area contributed by atoms with Crippen molar-refractivity contribution in [3.8, 4) is 0 Å². The van der Waals surface area contributed by atoms with Gasteiger partial charge in [-0.05, 0) is 54.3 Å². The highest BCUT2D eigenvalue weighted by atomic mass is 16.4. The summed E-state index contributed by atoms with van der Waals surface area (Å²) in [6.45, 7) is 6.82. The van der Waals surface area contributed by atoms with E-state index in [0.29, 0.717) is 5.57 Å². The summed E-state index contributed by atoms with van der Waals surface area (Å²) in [6.07, 6.45) is 7.10. The van der Waals surface area contributed by atoms with Crippen LogP contribution < -0.4 is 0 Å². The van der Waals surface area contributed by atoms with E-state index in [-0.39, 0.29) is 16.7 Å². The lowest BCUT2D eigenvalue weighted by Gasteiger charge is -2.42. The van der Waals surface area contributed by atoms with Gasteiger partial charge in [-0.2, -0.15) is 0 Å². The minimum atomic E-state index is -0.694. The highest BCUT2D eigenvalue weighted by Gasteiger charge is 2.66. The fraction of sp³-hybridized carbons (Fsp3) is 0.800. The van der Waals surface area contributed by atoms with Gasteiger partial charge >= 0.3 is 5.97 Å². The molecule has 2 saturated carbocycles. The van der Waals surface area contributed by atoms with Crippen molar-refractivity contribution in [3.05, 3.63) is 11.6 Å². The Morgan fingerprint density at radius 1 is 1.35 bits per heavy atom. The lowest BCUT2D eigenvalue weighted by atomic mass is 9.61. The van der Waals surface area contributed by atoms with Crippen LogP contribution >= 0.6 is 0 Å².